The summed E-state index contributed by atoms with van der Waals surface area (Å²) in [6.45, 7) is 5.05. The van der Waals surface area contributed by atoms with Gasteiger partial charge in [0.05, 0.1) is 34.9 Å². The molecule has 4 aromatic rings. The molecule has 476 valence electrons. The summed E-state index contributed by atoms with van der Waals surface area (Å²) in [5.41, 5.74) is 6.05. The summed E-state index contributed by atoms with van der Waals surface area (Å²) in [6.07, 6.45) is 21.8. The Morgan fingerprint density at radius 3 is 0.733 bits per heavy atom. The number of benzene rings is 4. The quantitative estimate of drug-likeness (QED) is 0.0614. The number of hydrogen-bond donors (Lipinski definition) is 6. The van der Waals surface area contributed by atoms with Crippen LogP contribution in [-0.4, -0.2) is 67.7 Å². The standard InChI is InChI=1S/C78H92O12/c1-3-5-89-65-55-11-51-15-59(71-23-43-7-44(24-71)32-75(31-43,39-71)67(81)82)17-53(63(51)79)13-57-21-62(74-29-49-10-50(30-74)38-78(37-49,42-74)70(87)88)22-58(66(57)90-6-4-2)14-54-18-60(72-25-45-8-46(26-72)34-76(33-45,40-72)68(83)84)16-52(64(54)80)12-56(65)20-61(19-55)73-27-47-9-48(28-73)36-77(35-47,41-73)69(85)86/h15-22,43-50,79-80H,3-14,23-42H2,1-2H3,(H,81,82)(H,83,84)(H,85,86)(H,87,88). The van der Waals surface area contributed by atoms with Crippen LogP contribution in [0.1, 0.15) is 248 Å². The van der Waals surface area contributed by atoms with Gasteiger partial charge in [-0.05, 0) is 303 Å². The van der Waals surface area contributed by atoms with Crippen LogP contribution in [0.5, 0.6) is 23.0 Å². The first-order valence-corrected chi connectivity index (χ1v) is 35.3. The molecule has 17 aliphatic carbocycles. The van der Waals surface area contributed by atoms with Gasteiger partial charge in [-0.3, -0.25) is 19.2 Å². The van der Waals surface area contributed by atoms with Gasteiger partial charge in [-0.1, -0.05) is 62.4 Å². The Kier molecular flexibility index (Phi) is 12.7. The molecular weight excluding hydrogens is 1130 g/mol. The Morgan fingerprint density at radius 2 is 0.544 bits per heavy atom. The molecule has 12 heteroatoms. The minimum absolute atomic E-state index is 0.187. The van der Waals surface area contributed by atoms with Crippen LogP contribution < -0.4 is 9.47 Å². The molecule has 90 heavy (non-hydrogen) atoms. The Balaban J connectivity index is 0.919. The van der Waals surface area contributed by atoms with Crippen molar-refractivity contribution in [2.75, 3.05) is 13.2 Å². The SMILES string of the molecule is CCCOc1c2cc(C34CC5CC(CC(C(=O)O)(C5)C3)C4)cc1Cc1cc(C34CC5CC(CC(C(=O)O)(C5)C3)C4)cc(c1O)Cc1cc(C34CC5CC(CC(C(=O)O)(C5)C3)C4)cc(c1OCCC)Cc1cc(C34CC5CC(CC(C(=O)O)(C5)C3)C4)cc(c1O)C2. The van der Waals surface area contributed by atoms with Crippen molar-refractivity contribution in [3.8, 4) is 23.0 Å². The smallest absolute Gasteiger partial charge is 0.309 e. The summed E-state index contributed by atoms with van der Waals surface area (Å²) in [7, 11) is 0. The predicted octanol–water partition coefficient (Wildman–Crippen LogP) is 15.0. The van der Waals surface area contributed by atoms with E-state index in [1.54, 1.807) is 0 Å². The highest BCUT2D eigenvalue weighted by Gasteiger charge is 2.66. The van der Waals surface area contributed by atoms with Crippen LogP contribution in [-0.2, 0) is 66.5 Å². The number of carboxylic acids is 4. The monoisotopic (exact) mass is 1220 g/mol. The first-order valence-electron chi connectivity index (χ1n) is 35.3. The third-order valence-electron chi connectivity index (χ3n) is 28.0. The third-order valence-corrected chi connectivity index (χ3v) is 28.0. The fourth-order valence-corrected chi connectivity index (χ4v) is 26.3. The van der Waals surface area contributed by atoms with E-state index in [-0.39, 0.29) is 58.8 Å². The topological polar surface area (TPSA) is 208 Å². The van der Waals surface area contributed by atoms with E-state index in [1.165, 1.54) is 0 Å². The summed E-state index contributed by atoms with van der Waals surface area (Å²) in [5, 5.41) is 71.9. The van der Waals surface area contributed by atoms with Crippen LogP contribution in [0, 0.1) is 69.0 Å². The van der Waals surface area contributed by atoms with Crippen molar-refractivity contribution >= 4 is 23.9 Å². The van der Waals surface area contributed by atoms with Gasteiger partial charge >= 0.3 is 23.9 Å². The van der Waals surface area contributed by atoms with Crippen LogP contribution in [0.4, 0.5) is 0 Å². The minimum atomic E-state index is -0.810. The number of phenols is 2. The van der Waals surface area contributed by atoms with Gasteiger partial charge in [-0.15, -0.1) is 0 Å². The zero-order valence-corrected chi connectivity index (χ0v) is 53.0. The molecule has 0 aromatic heterocycles. The molecule has 24 bridgehead atoms. The summed E-state index contributed by atoms with van der Waals surface area (Å²) >= 11 is 0. The number of phenolic OH excluding ortho intramolecular Hbond substituents is 2. The van der Waals surface area contributed by atoms with Gasteiger partial charge in [0, 0.05) is 25.7 Å². The summed E-state index contributed by atoms with van der Waals surface area (Å²) < 4.78 is 14.3. The number of aromatic hydroxyl groups is 2. The van der Waals surface area contributed by atoms with E-state index in [2.05, 4.69) is 62.4 Å². The maximum Gasteiger partial charge on any atom is 0.309 e. The summed E-state index contributed by atoms with van der Waals surface area (Å²) in [6, 6.07) is 18.1. The van der Waals surface area contributed by atoms with Crippen molar-refractivity contribution in [1.82, 2.24) is 0 Å². The molecule has 4 aromatic carbocycles. The summed E-state index contributed by atoms with van der Waals surface area (Å²) in [4.78, 5) is 54.6. The highest BCUT2D eigenvalue weighted by atomic mass is 16.5. The fourth-order valence-electron chi connectivity index (χ4n) is 26.3. The van der Waals surface area contributed by atoms with Gasteiger partial charge < -0.3 is 40.1 Å². The molecular formula is C78H92O12. The molecule has 0 spiro atoms. The van der Waals surface area contributed by atoms with Crippen LogP contribution in [0.25, 0.3) is 0 Å². The van der Waals surface area contributed by atoms with Gasteiger partial charge in [0.1, 0.15) is 23.0 Å². The van der Waals surface area contributed by atoms with Crippen molar-refractivity contribution in [3.05, 3.63) is 115 Å². The number of fused-ring (bicyclic) bond motifs is 8. The van der Waals surface area contributed by atoms with Crippen LogP contribution >= 0.6 is 0 Å². The van der Waals surface area contributed by atoms with Crippen molar-refractivity contribution < 1.29 is 59.3 Å². The molecule has 16 saturated carbocycles. The molecule has 16 fully saturated rings. The molecule has 0 heterocycles. The summed E-state index contributed by atoms with van der Waals surface area (Å²) in [5.74, 6) is 1.31. The minimum Gasteiger partial charge on any atom is -0.507 e. The lowest BCUT2D eigenvalue weighted by atomic mass is 9.42. The molecule has 0 aliphatic heterocycles. The molecule has 0 amide bonds. The zero-order chi connectivity index (χ0) is 61.9. The number of ether oxygens (including phenoxy) is 2. The third kappa shape index (κ3) is 8.60. The molecule has 21 rings (SSSR count). The van der Waals surface area contributed by atoms with E-state index in [9.17, 15) is 49.8 Å². The van der Waals surface area contributed by atoms with Gasteiger partial charge in [-0.2, -0.15) is 0 Å². The maximum absolute atomic E-state index is 13.6. The van der Waals surface area contributed by atoms with Crippen molar-refractivity contribution in [3.63, 3.8) is 0 Å². The Hall–Kier alpha value is -6.04. The number of hydrogen-bond acceptors (Lipinski definition) is 8. The number of carboxylic acid groups (broad SMARTS) is 4. The molecule has 12 nitrogen and oxygen atoms in total. The highest BCUT2D eigenvalue weighted by Crippen LogP contribution is 2.71. The first kappa shape index (κ1) is 57.8. The van der Waals surface area contributed by atoms with Gasteiger partial charge in [0.15, 0.2) is 0 Å². The number of rotatable bonds is 14. The lowest BCUT2D eigenvalue weighted by molar-refractivity contribution is -0.167. The largest absolute Gasteiger partial charge is 0.507 e. The normalized spacial score (nSPS) is 39.8. The van der Waals surface area contributed by atoms with Gasteiger partial charge in [0.2, 0.25) is 0 Å². The molecule has 8 atom stereocenters. The van der Waals surface area contributed by atoms with E-state index in [1.807, 2.05) is 0 Å². The Bertz CT molecular complexity index is 3360. The molecule has 17 aliphatic rings. The number of aliphatic carboxylic acids is 4. The molecule has 8 unspecified atom stereocenters. The van der Waals surface area contributed by atoms with E-state index < -0.39 is 67.2 Å². The second-order valence-corrected chi connectivity index (χ2v) is 34.2. The van der Waals surface area contributed by atoms with Crippen LogP contribution in [0.3, 0.4) is 0 Å². The van der Waals surface area contributed by atoms with Crippen LogP contribution in [0.2, 0.25) is 0 Å². The molecule has 0 saturated heterocycles. The average molecular weight is 1220 g/mol. The van der Waals surface area contributed by atoms with E-state index in [0.717, 1.165) is 157 Å². The van der Waals surface area contributed by atoms with E-state index >= 15 is 0 Å². The molecule has 6 N–H and O–H groups in total. The zero-order valence-electron chi connectivity index (χ0n) is 53.0. The maximum atomic E-state index is 13.6. The van der Waals surface area contributed by atoms with E-state index in [4.69, 9.17) is 9.47 Å². The lowest BCUT2D eigenvalue weighted by Crippen LogP contribution is -2.56. The highest BCUT2D eigenvalue weighted by molar-refractivity contribution is 5.78. The number of carbonyl (C=O) groups is 4. The van der Waals surface area contributed by atoms with E-state index in [0.29, 0.717) is 127 Å². The fraction of sp³-hybridized carbons (Fsp3) is 0.641. The first-order chi connectivity index (χ1) is 43.1. The van der Waals surface area contributed by atoms with Crippen LogP contribution in [0.15, 0.2) is 48.5 Å². The van der Waals surface area contributed by atoms with Gasteiger partial charge in [-0.25, -0.2) is 0 Å². The second-order valence-electron chi connectivity index (χ2n) is 34.2. The van der Waals surface area contributed by atoms with Crippen molar-refractivity contribution in [1.29, 1.82) is 0 Å². The van der Waals surface area contributed by atoms with Crippen molar-refractivity contribution in [2.45, 2.75) is 228 Å². The van der Waals surface area contributed by atoms with Crippen molar-refractivity contribution in [2.24, 2.45) is 69.0 Å². The molecule has 0 radical (unpaired) electrons. The van der Waals surface area contributed by atoms with Gasteiger partial charge in [0.25, 0.3) is 0 Å². The Labute approximate surface area is 529 Å². The lowest BCUT2D eigenvalue weighted by Gasteiger charge is -2.61. The second kappa shape index (κ2) is 19.8. The average Bonchev–Trinajstić information content (AvgIpc) is 0.738. The Morgan fingerprint density at radius 1 is 0.344 bits per heavy atom. The predicted molar refractivity (Wildman–Crippen MR) is 338 cm³/mol.